The van der Waals surface area contributed by atoms with Crippen LogP contribution in [0.2, 0.25) is 0 Å². The van der Waals surface area contributed by atoms with Gasteiger partial charge >= 0.3 is 0 Å². The van der Waals surface area contributed by atoms with Crippen molar-refractivity contribution in [1.29, 1.82) is 0 Å². The molecule has 0 aromatic heterocycles. The monoisotopic (exact) mass is 2120 g/mol. The van der Waals surface area contributed by atoms with Gasteiger partial charge in [0.2, 0.25) is 0 Å². The summed E-state index contributed by atoms with van der Waals surface area (Å²) in [6.45, 7) is -0.107. The number of hydrogen-bond acceptors (Lipinski definition) is 3. The van der Waals surface area contributed by atoms with Crippen LogP contribution in [0.1, 0.15) is 86.5 Å². The van der Waals surface area contributed by atoms with Crippen molar-refractivity contribution in [3.05, 3.63) is 82.4 Å². The van der Waals surface area contributed by atoms with Gasteiger partial charge in [0.15, 0.2) is 5.78 Å². The number of benzene rings is 2. The van der Waals surface area contributed by atoms with E-state index in [4.69, 9.17) is 0 Å². The number of rotatable bonds is 14. The minimum absolute atomic E-state index is 0. The maximum Gasteiger partial charge on any atom is 0.159 e. The van der Waals surface area contributed by atoms with Gasteiger partial charge in [0, 0.05) is 210 Å². The fourth-order valence-corrected chi connectivity index (χ4v) is 423. The van der Waals surface area contributed by atoms with Crippen molar-refractivity contribution in [2.24, 2.45) is 29.6 Å². The summed E-state index contributed by atoms with van der Waals surface area (Å²) in [5.74, 6) is 6.71. The Morgan fingerprint density at radius 2 is 0.878 bits per heavy atom. The molecule has 0 amide bonds. The van der Waals surface area contributed by atoms with Crippen molar-refractivity contribution in [1.82, 2.24) is 0 Å². The molecule has 2 aromatic carbocycles. The Hall–Kier alpha value is 18.0. The van der Waals surface area contributed by atoms with E-state index in [1.165, 1.54) is 98.8 Å². The van der Waals surface area contributed by atoms with Gasteiger partial charge in [-0.15, -0.1) is 166 Å². The van der Waals surface area contributed by atoms with Crippen molar-refractivity contribution in [2.75, 3.05) is 11.5 Å². The van der Waals surface area contributed by atoms with Crippen LogP contribution >= 0.6 is 272 Å². The smallest absolute Gasteiger partial charge is 0.159 e. The Kier molecular flexibility index (Phi) is 73.5. The standard InChI is InChI=1S/C20H24S2.C17H18O.H33P31.11V/c1-2-6-15-14(5-1)9-10-16-17-7-3-8-19(17)20(13-18(15)16)21-11-4-12-22-20;18-17-10-16-12-5-2-1-4-11(12)8-9-14(16)13-6-3-7-15(13)17;1-17-25(16)29(24(14)15)31(28(22(10)11)23(12)13)30(26(18(2)3)19(4)5)27(20(6)7)21(8)9;;;;;;;;;;;/h1-2,5-6,17,19H,3-4,7-13H2;1-2,4-5,10,13-15H,3,6-9H2;17H,1-16H2;;;;;;;;;;;. The van der Waals surface area contributed by atoms with Crippen molar-refractivity contribution < 1.29 is 209 Å². The van der Waals surface area contributed by atoms with Crippen molar-refractivity contribution in [3.63, 3.8) is 0 Å². The molecule has 25 atom stereocenters. The largest absolute Gasteiger partial charge is 0.295 e. The van der Waals surface area contributed by atoms with Crippen molar-refractivity contribution >= 4 is 289 Å². The second-order valence-electron chi connectivity index (χ2n) is 18.1. The molecule has 7 aliphatic rings. The number of ketones is 1. The number of allylic oxidation sites excluding steroid dienone is 4. The van der Waals surface area contributed by atoms with E-state index in [1.54, 1.807) is 16.7 Å². The molecular formula is C37H75OP31S2V11. The Morgan fingerprint density at radius 3 is 1.35 bits per heavy atom. The molecule has 82 heavy (non-hydrogen) atoms. The summed E-state index contributed by atoms with van der Waals surface area (Å²) < 4.78 is 0.517. The molecule has 6 aliphatic carbocycles. The number of hydrogen-bond donors (Lipinski definition) is 0. The summed E-state index contributed by atoms with van der Waals surface area (Å²) >= 11 is 4.64. The molecule has 1 aliphatic heterocycles. The summed E-state index contributed by atoms with van der Waals surface area (Å²) in [5.41, 5.74) is 11.0. The summed E-state index contributed by atoms with van der Waals surface area (Å²) in [5, 5.41) is 0. The van der Waals surface area contributed by atoms with Crippen LogP contribution in [0.4, 0.5) is 0 Å². The van der Waals surface area contributed by atoms with Gasteiger partial charge in [-0.1, -0.05) is 74.9 Å². The SMILES string of the molecule is O=C1C=C2c3ccccc3CCC2C2CCCC12.PPP(P)P(P(P)P)P(P(P(P)P)P(P)P)P(P(P(P)P)P(P)P)P(P(P)P)P(P)P.[V].[V].[V].[V].[V].[V].[V].[V].[V].[V].[V].c1ccc2c(c1)CCC1=C2CC2(SCCCS2)C2CCCC12. The summed E-state index contributed by atoms with van der Waals surface area (Å²) in [4.78, 5) is 12.3. The first-order chi connectivity index (χ1) is 33.8. The van der Waals surface area contributed by atoms with Crippen LogP contribution in [0.3, 0.4) is 0 Å². The maximum atomic E-state index is 12.3. The molecule has 0 N–H and O–H groups in total. The summed E-state index contributed by atoms with van der Waals surface area (Å²) in [6.07, 6.45) is 17.9. The quantitative estimate of drug-likeness (QED) is 0.176. The van der Waals surface area contributed by atoms with E-state index in [1.807, 2.05) is 11.6 Å². The normalized spacial score (nSPS) is 22.5. The molecule has 451 valence electrons. The molecule has 0 bridgehead atoms. The molecule has 1 spiro atoms. The molecule has 9 rings (SSSR count). The Balaban J connectivity index is -0.000000346. The Labute approximate surface area is 691 Å². The zero-order chi connectivity index (χ0) is 51.5. The third kappa shape index (κ3) is 29.5. The van der Waals surface area contributed by atoms with Gasteiger partial charge in [-0.25, -0.2) is 0 Å². The van der Waals surface area contributed by atoms with Crippen LogP contribution in [-0.4, -0.2) is 21.4 Å². The van der Waals surface area contributed by atoms with E-state index in [9.17, 15) is 4.79 Å². The third-order valence-electron chi connectivity index (χ3n) is 14.1. The van der Waals surface area contributed by atoms with E-state index in [2.05, 4.69) is 215 Å². The first-order valence-electron chi connectivity index (χ1n) is 23.1. The number of thioether (sulfide) groups is 2. The van der Waals surface area contributed by atoms with Crippen LogP contribution in [0.15, 0.2) is 60.2 Å². The zero-order valence-corrected chi connectivity index (χ0v) is 93.6. The maximum absolute atomic E-state index is 12.3. The topological polar surface area (TPSA) is 17.1 Å². The van der Waals surface area contributed by atoms with E-state index < -0.39 is 0 Å². The van der Waals surface area contributed by atoms with E-state index in [0.717, 1.165) is 26.2 Å². The molecule has 1 nitrogen and oxygen atoms in total. The fourth-order valence-electron chi connectivity index (χ4n) is 11.5. The van der Waals surface area contributed by atoms with Gasteiger partial charge in [0.25, 0.3) is 0 Å². The van der Waals surface area contributed by atoms with E-state index >= 15 is 0 Å². The van der Waals surface area contributed by atoms with Crippen molar-refractivity contribution in [2.45, 2.75) is 81.1 Å². The Bertz CT molecular complexity index is 2160. The van der Waals surface area contributed by atoms with E-state index in [-0.39, 0.29) is 302 Å². The van der Waals surface area contributed by atoms with Gasteiger partial charge in [-0.2, -0.15) is 0 Å². The van der Waals surface area contributed by atoms with Crippen LogP contribution in [-0.2, 0) is 222 Å². The zero-order valence-electron chi connectivity index (χ0n) is 44.6. The van der Waals surface area contributed by atoms with Gasteiger partial charge in [-0.3, -0.25) is 4.79 Å². The van der Waals surface area contributed by atoms with Crippen LogP contribution in [0, 0.1) is 29.6 Å². The molecule has 2 aromatic rings. The molecule has 2 saturated carbocycles. The molecule has 3 fully saturated rings. The van der Waals surface area contributed by atoms with Crippen molar-refractivity contribution in [3.8, 4) is 0 Å². The van der Waals surface area contributed by atoms with E-state index in [0.29, 0.717) is 27.6 Å². The molecule has 45 heteroatoms. The summed E-state index contributed by atoms with van der Waals surface area (Å²) in [6, 6.07) is 17.9. The molecule has 1 heterocycles. The second kappa shape index (κ2) is 55.4. The molecule has 11 radical (unpaired) electrons. The van der Waals surface area contributed by atoms with Gasteiger partial charge in [0.1, 0.15) is 0 Å². The number of carbonyl (C=O) groups is 1. The number of fused-ring (bicyclic) bond motifs is 10. The number of carbonyl (C=O) groups excluding carboxylic acids is 1. The predicted octanol–water partition coefficient (Wildman–Crippen LogP) is 27.2. The first kappa shape index (κ1) is 109. The summed E-state index contributed by atoms with van der Waals surface area (Å²) in [7, 11) is 53.9. The number of aryl methyl sites for hydroxylation is 2. The first-order valence-corrected chi connectivity index (χ1v) is 81.0. The average molecular weight is 2120 g/mol. The minimum atomic E-state index is -0.0589. The van der Waals surface area contributed by atoms with Crippen LogP contribution in [0.25, 0.3) is 11.1 Å². The van der Waals surface area contributed by atoms with Crippen LogP contribution in [0.5, 0.6) is 0 Å². The predicted molar refractivity (Wildman–Crippen MR) is 432 cm³/mol. The van der Waals surface area contributed by atoms with Gasteiger partial charge in [0.05, 0.1) is 4.08 Å². The second-order valence-corrected chi connectivity index (χ2v) is 145. The van der Waals surface area contributed by atoms with Gasteiger partial charge < -0.3 is 0 Å². The molecule has 25 unspecified atom stereocenters. The van der Waals surface area contributed by atoms with Gasteiger partial charge in [-0.05, 0) is 237 Å². The van der Waals surface area contributed by atoms with Crippen LogP contribution < -0.4 is 0 Å². The fraction of sp³-hybridized carbons (Fsp3) is 0.541. The average Bonchev–Trinajstić information content (AvgIpc) is 4.04. The Morgan fingerprint density at radius 1 is 0.451 bits per heavy atom. The minimum Gasteiger partial charge on any atom is -0.295 e. The third-order valence-corrected chi connectivity index (χ3v) is 223. The molecule has 1 saturated heterocycles. The molecular weight excluding hydrogens is 2050 g/mol.